The molecule has 0 radical (unpaired) electrons. The van der Waals surface area contributed by atoms with Crippen molar-refractivity contribution in [3.8, 4) is 0 Å². The summed E-state index contributed by atoms with van der Waals surface area (Å²) in [4.78, 5) is 16.8. The average molecular weight is 563 g/mol. The molecular weight excluding hydrogens is 521 g/mol. The number of halogens is 3. The molecule has 1 aromatic rings. The summed E-state index contributed by atoms with van der Waals surface area (Å²) in [6.07, 6.45) is 1.17. The highest BCUT2D eigenvalue weighted by atomic mass is 19.4. The van der Waals surface area contributed by atoms with Crippen LogP contribution in [0.25, 0.3) is 0 Å². The van der Waals surface area contributed by atoms with Crippen molar-refractivity contribution in [1.82, 2.24) is 15.1 Å². The van der Waals surface area contributed by atoms with Gasteiger partial charge in [0, 0.05) is 31.2 Å². The second-order valence-electron chi connectivity index (χ2n) is 11.1. The highest BCUT2D eigenvalue weighted by Crippen LogP contribution is 2.32. The Kier molecular flexibility index (Phi) is 10.5. The van der Waals surface area contributed by atoms with Crippen LogP contribution >= 0.6 is 0 Å². The monoisotopic (exact) mass is 562 g/mol. The minimum absolute atomic E-state index is 0.0665. The Balaban J connectivity index is 2.07. The van der Waals surface area contributed by atoms with Gasteiger partial charge in [-0.3, -0.25) is 4.90 Å². The number of hydrogen-bond acceptors (Lipinski definition) is 7. The second kappa shape index (κ2) is 13.4. The summed E-state index contributed by atoms with van der Waals surface area (Å²) in [6.45, 7) is 15.7. The van der Waals surface area contributed by atoms with Crippen molar-refractivity contribution < 1.29 is 18.4 Å². The molecule has 2 fully saturated rings. The number of nitrogens with two attached hydrogens (primary N) is 1. The fourth-order valence-electron chi connectivity index (χ4n) is 5.09. The summed E-state index contributed by atoms with van der Waals surface area (Å²) in [7, 11) is 0. The van der Waals surface area contributed by atoms with Gasteiger partial charge in [0.1, 0.15) is 0 Å². The van der Waals surface area contributed by atoms with Crippen LogP contribution in [0.2, 0.25) is 0 Å². The molecular formula is C28H41F3N8O. The first-order valence-corrected chi connectivity index (χ1v) is 13.5. The van der Waals surface area contributed by atoms with Gasteiger partial charge in [-0.05, 0) is 83.5 Å². The number of alkyl halides is 3. The lowest BCUT2D eigenvalue weighted by Gasteiger charge is -2.39. The Hall–Kier alpha value is -3.25. The number of nitrogens with one attached hydrogen (secondary N) is 1. The van der Waals surface area contributed by atoms with Gasteiger partial charge in [0.2, 0.25) is 5.84 Å². The fourth-order valence-corrected chi connectivity index (χ4v) is 5.09. The predicted octanol–water partition coefficient (Wildman–Crippen LogP) is 4.83. The molecule has 1 atom stereocenters. The van der Waals surface area contributed by atoms with Crippen LogP contribution in [-0.4, -0.2) is 71.5 Å². The van der Waals surface area contributed by atoms with E-state index in [4.69, 9.17) is 5.73 Å². The molecule has 12 heteroatoms. The molecule has 0 spiro atoms. The van der Waals surface area contributed by atoms with Crippen molar-refractivity contribution in [1.29, 1.82) is 0 Å². The first-order valence-electron chi connectivity index (χ1n) is 13.5. The molecule has 0 unspecified atom stereocenters. The number of benzene rings is 1. The molecule has 3 rings (SSSR count). The van der Waals surface area contributed by atoms with Crippen LogP contribution in [0.5, 0.6) is 0 Å². The molecule has 220 valence electrons. The highest BCUT2D eigenvalue weighted by molar-refractivity contribution is 6.40. The topological polar surface area (TPSA) is 114 Å². The van der Waals surface area contributed by atoms with Gasteiger partial charge in [0.25, 0.3) is 0 Å². The highest BCUT2D eigenvalue weighted by Gasteiger charge is 2.34. The molecule has 1 aliphatic heterocycles. The van der Waals surface area contributed by atoms with Crippen LogP contribution in [0.1, 0.15) is 64.0 Å². The lowest BCUT2D eigenvalue weighted by Crippen LogP contribution is -2.47. The van der Waals surface area contributed by atoms with Gasteiger partial charge in [-0.15, -0.1) is 0 Å². The van der Waals surface area contributed by atoms with Crippen LogP contribution in [0, 0.1) is 5.92 Å². The fraction of sp³-hybridized carbons (Fsp3) is 0.571. The molecule has 0 aromatic heterocycles. The number of oxime groups is 1. The van der Waals surface area contributed by atoms with Crippen LogP contribution in [-0.2, 0) is 12.7 Å². The number of nitrogens with zero attached hydrogens (tertiary/aromatic N) is 6. The van der Waals surface area contributed by atoms with E-state index in [0.29, 0.717) is 36.9 Å². The smallest absolute Gasteiger partial charge is 0.409 e. The zero-order valence-electron chi connectivity index (χ0n) is 23.6. The van der Waals surface area contributed by atoms with Crippen LogP contribution < -0.4 is 11.1 Å². The number of rotatable bonds is 11. The van der Waals surface area contributed by atoms with E-state index >= 15 is 0 Å². The molecule has 1 saturated carbocycles. The molecule has 9 nitrogen and oxygen atoms in total. The molecule has 1 aromatic carbocycles. The normalized spacial score (nSPS) is 20.1. The zero-order chi connectivity index (χ0) is 29.5. The van der Waals surface area contributed by atoms with Gasteiger partial charge in [0.05, 0.1) is 17.9 Å². The summed E-state index contributed by atoms with van der Waals surface area (Å²) in [5.41, 5.74) is 6.35. The maximum Gasteiger partial charge on any atom is 0.416 e. The number of likely N-dealkylation sites (tertiary alicyclic amines) is 1. The first-order chi connectivity index (χ1) is 18.9. The van der Waals surface area contributed by atoms with Crippen molar-refractivity contribution in [2.24, 2.45) is 31.8 Å². The van der Waals surface area contributed by atoms with Gasteiger partial charge in [0.15, 0.2) is 11.7 Å². The van der Waals surface area contributed by atoms with Crippen LogP contribution in [0.4, 0.5) is 13.2 Å². The Morgan fingerprint density at radius 2 is 1.88 bits per heavy atom. The third-order valence-corrected chi connectivity index (χ3v) is 8.01. The molecule has 40 heavy (non-hydrogen) atoms. The van der Waals surface area contributed by atoms with Crippen molar-refractivity contribution in [3.05, 3.63) is 46.9 Å². The third kappa shape index (κ3) is 7.91. The molecule has 1 heterocycles. The van der Waals surface area contributed by atoms with E-state index < -0.39 is 11.7 Å². The van der Waals surface area contributed by atoms with E-state index in [1.165, 1.54) is 18.6 Å². The van der Waals surface area contributed by atoms with Crippen molar-refractivity contribution >= 4 is 25.1 Å². The zero-order valence-corrected chi connectivity index (χ0v) is 23.6. The lowest BCUT2D eigenvalue weighted by molar-refractivity contribution is -0.137. The maximum atomic E-state index is 13.2. The van der Waals surface area contributed by atoms with Crippen molar-refractivity contribution in [2.45, 2.75) is 77.2 Å². The maximum absolute atomic E-state index is 13.2. The molecule has 1 saturated heterocycles. The van der Waals surface area contributed by atoms with E-state index in [0.717, 1.165) is 44.4 Å². The third-order valence-electron chi connectivity index (χ3n) is 8.01. The Morgan fingerprint density at radius 1 is 1.20 bits per heavy atom. The minimum atomic E-state index is -4.42. The number of amidine groups is 2. The summed E-state index contributed by atoms with van der Waals surface area (Å²) >= 11 is 0. The minimum Gasteiger partial charge on any atom is -0.409 e. The van der Waals surface area contributed by atoms with E-state index in [9.17, 15) is 18.4 Å². The van der Waals surface area contributed by atoms with Gasteiger partial charge in [-0.1, -0.05) is 23.7 Å². The predicted molar refractivity (Wildman–Crippen MR) is 154 cm³/mol. The average Bonchev–Trinajstić information content (AvgIpc) is 3.21. The summed E-state index contributed by atoms with van der Waals surface area (Å²) < 4.78 is 39.7. The lowest BCUT2D eigenvalue weighted by atomic mass is 9.80. The van der Waals surface area contributed by atoms with Gasteiger partial charge >= 0.3 is 6.18 Å². The van der Waals surface area contributed by atoms with Gasteiger partial charge < -0.3 is 21.2 Å². The van der Waals surface area contributed by atoms with Crippen LogP contribution in [0.3, 0.4) is 0 Å². The van der Waals surface area contributed by atoms with Gasteiger partial charge in [-0.25, -0.2) is 15.0 Å². The molecule has 0 amide bonds. The molecule has 0 bridgehead atoms. The van der Waals surface area contributed by atoms with E-state index in [1.807, 2.05) is 0 Å². The van der Waals surface area contributed by atoms with Crippen molar-refractivity contribution in [3.63, 3.8) is 0 Å². The first kappa shape index (κ1) is 31.3. The van der Waals surface area contributed by atoms with E-state index in [-0.39, 0.29) is 29.1 Å². The summed E-state index contributed by atoms with van der Waals surface area (Å²) in [6, 6.07) is 5.40. The largest absolute Gasteiger partial charge is 0.416 e. The van der Waals surface area contributed by atoms with Gasteiger partial charge in [-0.2, -0.15) is 13.2 Å². The second-order valence-corrected chi connectivity index (χ2v) is 11.1. The summed E-state index contributed by atoms with van der Waals surface area (Å²) in [5.74, 6) is 0.311. The Morgan fingerprint density at radius 3 is 2.35 bits per heavy atom. The number of hydrogen-bond donors (Lipinski definition) is 3. The quantitative estimate of drug-likeness (QED) is 0.155. The van der Waals surface area contributed by atoms with E-state index in [1.54, 1.807) is 0 Å². The van der Waals surface area contributed by atoms with Crippen LogP contribution in [0.15, 0.2) is 55.9 Å². The Labute approximate surface area is 234 Å². The van der Waals surface area contributed by atoms with E-state index in [2.05, 4.69) is 69.5 Å². The molecule has 1 aliphatic carbocycles. The standard InChI is InChI=1S/C28H41F3N8O/c1-19(21-8-6-9-21)35-16-23(25(33-4)36-26(34-5)24(32)37-40)38(18-39-15-7-14-27(39,2)3)17-20-10-12-22(13-11-20)28(29,30)31/h10-13,19,21,35,40H,4-9,14-18H2,1-3H3,(H2,32,37)/b25-23+,36-26+/t19-/m1/s1. The summed E-state index contributed by atoms with van der Waals surface area (Å²) in [5, 5.41) is 15.8. The molecule has 4 N–H and O–H groups in total. The molecule has 2 aliphatic rings. The SMILES string of the molecule is C=NC(=N/C(N=C)=C(\CN[C@H](C)C1CCC1)N(Cc1ccc(C(F)(F)F)cc1)CN1CCCC1(C)C)/C(N)=N/O. The van der Waals surface area contributed by atoms with Crippen molar-refractivity contribution in [2.75, 3.05) is 19.8 Å². The number of aliphatic imine (C=N–C) groups is 3. The Bertz CT molecular complexity index is 1120.